The molecule has 0 saturated heterocycles. The standard InChI is InChI=1S/C10H17N3O3S/c1-3-7-6-10(7,13-11-2)9(14)12-17(15,16)8-4-5-8/h3,7-8,11,13H,1,4-6H2,2H3,(H,12,14)/t7?,10-/m1/s1. The van der Waals surface area contributed by atoms with Gasteiger partial charge in [0, 0.05) is 5.92 Å². The molecule has 7 heteroatoms. The van der Waals surface area contributed by atoms with Crippen LogP contribution in [0.2, 0.25) is 0 Å². The minimum Gasteiger partial charge on any atom is -0.272 e. The van der Waals surface area contributed by atoms with Crippen molar-refractivity contribution in [3.63, 3.8) is 0 Å². The average molecular weight is 259 g/mol. The summed E-state index contributed by atoms with van der Waals surface area (Å²) in [4.78, 5) is 12.0. The van der Waals surface area contributed by atoms with Gasteiger partial charge in [-0.1, -0.05) is 6.08 Å². The summed E-state index contributed by atoms with van der Waals surface area (Å²) in [7, 11) is -1.84. The van der Waals surface area contributed by atoms with Crippen LogP contribution in [0.25, 0.3) is 0 Å². The second kappa shape index (κ2) is 4.08. The third-order valence-electron chi connectivity index (χ3n) is 3.25. The predicted octanol–water partition coefficient (Wildman–Crippen LogP) is -0.736. The zero-order valence-corrected chi connectivity index (χ0v) is 10.5. The van der Waals surface area contributed by atoms with Crippen LogP contribution >= 0.6 is 0 Å². The van der Waals surface area contributed by atoms with Gasteiger partial charge in [0.05, 0.1) is 5.25 Å². The third kappa shape index (κ3) is 2.22. The lowest BCUT2D eigenvalue weighted by atomic mass is 10.2. The minimum atomic E-state index is -3.48. The Morgan fingerprint density at radius 1 is 1.47 bits per heavy atom. The van der Waals surface area contributed by atoms with Gasteiger partial charge in [0.1, 0.15) is 5.54 Å². The Morgan fingerprint density at radius 2 is 2.12 bits per heavy atom. The summed E-state index contributed by atoms with van der Waals surface area (Å²) < 4.78 is 25.5. The number of sulfonamides is 1. The highest BCUT2D eigenvalue weighted by molar-refractivity contribution is 7.90. The molecule has 0 spiro atoms. The summed E-state index contributed by atoms with van der Waals surface area (Å²) in [5.41, 5.74) is 4.65. The summed E-state index contributed by atoms with van der Waals surface area (Å²) in [6.07, 6.45) is 3.50. The highest BCUT2D eigenvalue weighted by Gasteiger charge is 2.59. The van der Waals surface area contributed by atoms with E-state index in [0.717, 1.165) is 0 Å². The molecule has 0 aliphatic heterocycles. The van der Waals surface area contributed by atoms with E-state index in [4.69, 9.17) is 0 Å². The van der Waals surface area contributed by atoms with Crippen LogP contribution < -0.4 is 15.6 Å². The Kier molecular flexibility index (Phi) is 3.01. The second-order valence-electron chi connectivity index (χ2n) is 4.57. The van der Waals surface area contributed by atoms with Crippen molar-refractivity contribution < 1.29 is 13.2 Å². The first-order valence-electron chi connectivity index (χ1n) is 5.59. The molecule has 0 aromatic rings. The molecule has 2 atom stereocenters. The van der Waals surface area contributed by atoms with Gasteiger partial charge in [-0.2, -0.15) is 0 Å². The number of rotatable bonds is 6. The van der Waals surface area contributed by atoms with Crippen molar-refractivity contribution >= 4 is 15.9 Å². The van der Waals surface area contributed by atoms with Crippen LogP contribution in [0.5, 0.6) is 0 Å². The third-order valence-corrected chi connectivity index (χ3v) is 5.07. The van der Waals surface area contributed by atoms with Crippen LogP contribution in [-0.2, 0) is 14.8 Å². The first kappa shape index (κ1) is 12.5. The van der Waals surface area contributed by atoms with E-state index in [0.29, 0.717) is 19.3 Å². The van der Waals surface area contributed by atoms with Crippen molar-refractivity contribution in [1.29, 1.82) is 0 Å². The van der Waals surface area contributed by atoms with E-state index in [1.165, 1.54) is 0 Å². The van der Waals surface area contributed by atoms with E-state index in [1.807, 2.05) is 0 Å². The van der Waals surface area contributed by atoms with E-state index in [-0.39, 0.29) is 11.2 Å². The predicted molar refractivity (Wildman–Crippen MR) is 63.3 cm³/mol. The average Bonchev–Trinajstić information content (AvgIpc) is 3.12. The van der Waals surface area contributed by atoms with Gasteiger partial charge in [-0.05, 0) is 26.3 Å². The van der Waals surface area contributed by atoms with Gasteiger partial charge in [-0.3, -0.25) is 14.9 Å². The number of carbonyl (C=O) groups is 1. The minimum absolute atomic E-state index is 0.0376. The van der Waals surface area contributed by atoms with E-state index >= 15 is 0 Å². The lowest BCUT2D eigenvalue weighted by molar-refractivity contribution is -0.122. The molecule has 1 amide bonds. The molecule has 1 unspecified atom stereocenters. The van der Waals surface area contributed by atoms with Crippen molar-refractivity contribution in [2.24, 2.45) is 5.92 Å². The summed E-state index contributed by atoms with van der Waals surface area (Å²) in [5, 5.41) is -0.390. The van der Waals surface area contributed by atoms with Crippen molar-refractivity contribution in [2.45, 2.75) is 30.1 Å². The fourth-order valence-electron chi connectivity index (χ4n) is 1.94. The fourth-order valence-corrected chi connectivity index (χ4v) is 3.30. The van der Waals surface area contributed by atoms with Crippen LogP contribution in [-0.4, -0.2) is 32.2 Å². The van der Waals surface area contributed by atoms with Gasteiger partial charge < -0.3 is 0 Å². The summed E-state index contributed by atoms with van der Waals surface area (Å²) in [6, 6.07) is 0. The molecular weight excluding hydrogens is 242 g/mol. The number of amides is 1. The van der Waals surface area contributed by atoms with Crippen LogP contribution in [0.1, 0.15) is 19.3 Å². The molecule has 0 bridgehead atoms. The molecule has 2 saturated carbocycles. The number of nitrogens with one attached hydrogen (secondary N) is 3. The van der Waals surface area contributed by atoms with Crippen molar-refractivity contribution in [2.75, 3.05) is 7.05 Å². The first-order chi connectivity index (χ1) is 7.96. The van der Waals surface area contributed by atoms with E-state index in [2.05, 4.69) is 22.2 Å². The molecule has 17 heavy (non-hydrogen) atoms. The van der Waals surface area contributed by atoms with Gasteiger partial charge in [0.25, 0.3) is 5.91 Å². The van der Waals surface area contributed by atoms with Gasteiger partial charge >= 0.3 is 0 Å². The lowest BCUT2D eigenvalue weighted by Crippen LogP contribution is -2.54. The monoisotopic (exact) mass is 259 g/mol. The molecule has 0 heterocycles. The van der Waals surface area contributed by atoms with Crippen molar-refractivity contribution in [1.82, 2.24) is 15.6 Å². The van der Waals surface area contributed by atoms with Crippen molar-refractivity contribution in [3.05, 3.63) is 12.7 Å². The van der Waals surface area contributed by atoms with Gasteiger partial charge in [-0.25, -0.2) is 13.8 Å². The van der Waals surface area contributed by atoms with E-state index in [1.54, 1.807) is 13.1 Å². The molecule has 2 aliphatic rings. The van der Waals surface area contributed by atoms with Gasteiger partial charge in [0.15, 0.2) is 0 Å². The zero-order valence-electron chi connectivity index (χ0n) is 9.69. The Bertz CT molecular complexity index is 444. The van der Waals surface area contributed by atoms with Gasteiger partial charge in [-0.15, -0.1) is 6.58 Å². The zero-order chi connectivity index (χ0) is 12.7. The smallest absolute Gasteiger partial charge is 0.255 e. The summed E-state index contributed by atoms with van der Waals surface area (Å²) in [5.74, 6) is -0.534. The maximum Gasteiger partial charge on any atom is 0.255 e. The maximum absolute atomic E-state index is 12.0. The normalized spacial score (nSPS) is 31.9. The topological polar surface area (TPSA) is 87.3 Å². The summed E-state index contributed by atoms with van der Waals surface area (Å²) in [6.45, 7) is 3.63. The maximum atomic E-state index is 12.0. The largest absolute Gasteiger partial charge is 0.272 e. The Balaban J connectivity index is 2.06. The van der Waals surface area contributed by atoms with Crippen LogP contribution in [0.4, 0.5) is 0 Å². The second-order valence-corrected chi connectivity index (χ2v) is 6.53. The van der Waals surface area contributed by atoms with Crippen LogP contribution in [0.15, 0.2) is 12.7 Å². The molecule has 3 N–H and O–H groups in total. The van der Waals surface area contributed by atoms with Gasteiger partial charge in [0.2, 0.25) is 10.0 Å². The molecule has 2 rings (SSSR count). The molecule has 0 radical (unpaired) electrons. The Labute approximate surface area is 101 Å². The van der Waals surface area contributed by atoms with E-state index < -0.39 is 21.5 Å². The molecule has 6 nitrogen and oxygen atoms in total. The number of hydrogen-bond acceptors (Lipinski definition) is 5. The summed E-state index contributed by atoms with van der Waals surface area (Å²) >= 11 is 0. The number of carbonyl (C=O) groups excluding carboxylic acids is 1. The number of hydrazine groups is 1. The molecule has 2 aliphatic carbocycles. The molecule has 0 aromatic heterocycles. The Hall–Kier alpha value is -0.920. The number of hydrogen-bond donors (Lipinski definition) is 3. The van der Waals surface area contributed by atoms with Crippen molar-refractivity contribution in [3.8, 4) is 0 Å². The highest BCUT2D eigenvalue weighted by atomic mass is 32.2. The SMILES string of the molecule is C=CC1C[C@]1(NNC)C(=O)NS(=O)(=O)C1CC1. The van der Waals surface area contributed by atoms with E-state index in [9.17, 15) is 13.2 Å². The van der Waals surface area contributed by atoms with Crippen LogP contribution in [0.3, 0.4) is 0 Å². The fraction of sp³-hybridized carbons (Fsp3) is 0.700. The quantitative estimate of drug-likeness (QED) is 0.432. The Morgan fingerprint density at radius 3 is 2.53 bits per heavy atom. The molecule has 2 fully saturated rings. The first-order valence-corrected chi connectivity index (χ1v) is 7.13. The highest BCUT2D eigenvalue weighted by Crippen LogP contribution is 2.44. The molecule has 0 aromatic carbocycles. The van der Waals surface area contributed by atoms with Crippen LogP contribution in [0, 0.1) is 5.92 Å². The molecular formula is C10H17N3O3S. The lowest BCUT2D eigenvalue weighted by Gasteiger charge is -2.17. The molecule has 96 valence electrons.